The van der Waals surface area contributed by atoms with Crippen molar-refractivity contribution >= 4 is 28.9 Å². The predicted molar refractivity (Wildman–Crippen MR) is 59.2 cm³/mol. The van der Waals surface area contributed by atoms with Crippen LogP contribution < -0.4 is 16.2 Å². The molecule has 74 valence electrons. The Kier molecular flexibility index (Phi) is 2.44. The molecule has 3 N–H and O–H groups in total. The van der Waals surface area contributed by atoms with Crippen molar-refractivity contribution in [2.24, 2.45) is 5.73 Å². The topological polar surface area (TPSA) is 41.3 Å². The first kappa shape index (κ1) is 9.49. The maximum Gasteiger partial charge on any atom is 0.113 e. The number of anilines is 1. The number of halogens is 2. The van der Waals surface area contributed by atoms with Gasteiger partial charge in [0.1, 0.15) is 5.82 Å². The molecule has 1 aliphatic rings. The fourth-order valence-electron chi connectivity index (χ4n) is 1.26. The standard InChI is InChI=1S/C9H9Cl2N3/c10-7-2-1-6(5-8(7)11)14-4-3-9(12)13-14/h1-3,5,13H,4,12H2. The van der Waals surface area contributed by atoms with Gasteiger partial charge in [0.2, 0.25) is 0 Å². The van der Waals surface area contributed by atoms with Crippen molar-refractivity contribution < 1.29 is 0 Å². The second-order valence-corrected chi connectivity index (χ2v) is 3.79. The fraction of sp³-hybridized carbons (Fsp3) is 0.111. The summed E-state index contributed by atoms with van der Waals surface area (Å²) in [5, 5.41) is 2.98. The minimum absolute atomic E-state index is 0.538. The Hall–Kier alpha value is -1.06. The van der Waals surface area contributed by atoms with E-state index < -0.39 is 0 Å². The van der Waals surface area contributed by atoms with Gasteiger partial charge in [0.05, 0.1) is 22.3 Å². The van der Waals surface area contributed by atoms with Gasteiger partial charge in [-0.15, -0.1) is 0 Å². The van der Waals surface area contributed by atoms with Crippen LogP contribution in [0.1, 0.15) is 0 Å². The van der Waals surface area contributed by atoms with Crippen LogP contribution in [0.2, 0.25) is 10.0 Å². The van der Waals surface area contributed by atoms with Crippen LogP contribution in [0.15, 0.2) is 30.1 Å². The highest BCUT2D eigenvalue weighted by atomic mass is 35.5. The van der Waals surface area contributed by atoms with Crippen LogP contribution >= 0.6 is 23.2 Å². The third-order valence-electron chi connectivity index (χ3n) is 1.97. The summed E-state index contributed by atoms with van der Waals surface area (Å²) in [7, 11) is 0. The molecular weight excluding hydrogens is 221 g/mol. The molecule has 0 saturated carbocycles. The largest absolute Gasteiger partial charge is 0.384 e. The highest BCUT2D eigenvalue weighted by Gasteiger charge is 2.12. The van der Waals surface area contributed by atoms with Crippen LogP contribution in [-0.2, 0) is 0 Å². The van der Waals surface area contributed by atoms with Crippen molar-refractivity contribution in [1.82, 2.24) is 5.43 Å². The molecular formula is C9H9Cl2N3. The molecule has 0 radical (unpaired) electrons. The fourth-order valence-corrected chi connectivity index (χ4v) is 1.55. The summed E-state index contributed by atoms with van der Waals surface area (Å²) < 4.78 is 0. The summed E-state index contributed by atoms with van der Waals surface area (Å²) >= 11 is 11.7. The van der Waals surface area contributed by atoms with Crippen molar-refractivity contribution in [3.05, 3.63) is 40.1 Å². The third kappa shape index (κ3) is 1.74. The molecule has 2 rings (SSSR count). The molecule has 3 nitrogen and oxygen atoms in total. The lowest BCUT2D eigenvalue weighted by molar-refractivity contribution is 0.797. The minimum Gasteiger partial charge on any atom is -0.384 e. The molecule has 0 bridgehead atoms. The SMILES string of the molecule is NC1=CCN(c2ccc(Cl)c(Cl)c2)N1. The molecule has 14 heavy (non-hydrogen) atoms. The van der Waals surface area contributed by atoms with E-state index in [1.807, 2.05) is 17.2 Å². The van der Waals surface area contributed by atoms with E-state index >= 15 is 0 Å². The highest BCUT2D eigenvalue weighted by molar-refractivity contribution is 6.42. The first-order valence-corrected chi connectivity index (χ1v) is 4.87. The van der Waals surface area contributed by atoms with E-state index in [0.717, 1.165) is 12.2 Å². The van der Waals surface area contributed by atoms with Crippen LogP contribution in [-0.4, -0.2) is 6.54 Å². The Morgan fingerprint density at radius 2 is 2.07 bits per heavy atom. The zero-order chi connectivity index (χ0) is 10.1. The van der Waals surface area contributed by atoms with Crippen LogP contribution in [0, 0.1) is 0 Å². The third-order valence-corrected chi connectivity index (χ3v) is 2.71. The molecule has 0 saturated heterocycles. The molecule has 1 aliphatic heterocycles. The van der Waals surface area contributed by atoms with E-state index in [1.54, 1.807) is 12.1 Å². The van der Waals surface area contributed by atoms with Gasteiger partial charge in [0, 0.05) is 0 Å². The van der Waals surface area contributed by atoms with Gasteiger partial charge in [-0.05, 0) is 24.3 Å². The van der Waals surface area contributed by atoms with Gasteiger partial charge in [-0.1, -0.05) is 23.2 Å². The van der Waals surface area contributed by atoms with E-state index in [4.69, 9.17) is 28.9 Å². The zero-order valence-electron chi connectivity index (χ0n) is 7.30. The number of nitrogens with one attached hydrogen (secondary N) is 1. The molecule has 1 heterocycles. The van der Waals surface area contributed by atoms with Gasteiger partial charge in [0.15, 0.2) is 0 Å². The van der Waals surface area contributed by atoms with Crippen molar-refractivity contribution in [3.63, 3.8) is 0 Å². The number of rotatable bonds is 1. The Morgan fingerprint density at radius 3 is 2.64 bits per heavy atom. The quantitative estimate of drug-likeness (QED) is 0.776. The maximum absolute atomic E-state index is 5.89. The van der Waals surface area contributed by atoms with Crippen LogP contribution in [0.3, 0.4) is 0 Å². The summed E-state index contributed by atoms with van der Waals surface area (Å²) in [6.07, 6.45) is 1.89. The van der Waals surface area contributed by atoms with Crippen molar-refractivity contribution in [1.29, 1.82) is 0 Å². The monoisotopic (exact) mass is 229 g/mol. The van der Waals surface area contributed by atoms with Gasteiger partial charge < -0.3 is 5.73 Å². The lowest BCUT2D eigenvalue weighted by Gasteiger charge is -2.19. The van der Waals surface area contributed by atoms with Gasteiger partial charge in [-0.2, -0.15) is 0 Å². The van der Waals surface area contributed by atoms with E-state index in [-0.39, 0.29) is 0 Å². The van der Waals surface area contributed by atoms with Gasteiger partial charge >= 0.3 is 0 Å². The second-order valence-electron chi connectivity index (χ2n) is 2.98. The van der Waals surface area contributed by atoms with E-state index in [0.29, 0.717) is 15.9 Å². The lowest BCUT2D eigenvalue weighted by atomic mass is 10.3. The van der Waals surface area contributed by atoms with Crippen LogP contribution in [0.4, 0.5) is 5.69 Å². The summed E-state index contributed by atoms with van der Waals surface area (Å²) in [6.45, 7) is 0.726. The Labute approximate surface area is 92.1 Å². The van der Waals surface area contributed by atoms with E-state index in [2.05, 4.69) is 5.43 Å². The normalized spacial score (nSPS) is 15.3. The number of nitrogens with zero attached hydrogens (tertiary/aromatic N) is 1. The highest BCUT2D eigenvalue weighted by Crippen LogP contribution is 2.27. The minimum atomic E-state index is 0.538. The second kappa shape index (κ2) is 3.59. The van der Waals surface area contributed by atoms with Crippen molar-refractivity contribution in [3.8, 4) is 0 Å². The first-order valence-electron chi connectivity index (χ1n) is 4.12. The first-order chi connectivity index (χ1) is 6.66. The van der Waals surface area contributed by atoms with E-state index in [1.165, 1.54) is 0 Å². The molecule has 1 aromatic carbocycles. The molecule has 0 aromatic heterocycles. The van der Waals surface area contributed by atoms with Crippen molar-refractivity contribution in [2.45, 2.75) is 0 Å². The summed E-state index contributed by atoms with van der Waals surface area (Å²) in [5.74, 6) is 0.649. The predicted octanol–water partition coefficient (Wildman–Crippen LogP) is 2.12. The molecule has 0 unspecified atom stereocenters. The number of hydrogen-bond acceptors (Lipinski definition) is 3. The molecule has 0 aliphatic carbocycles. The van der Waals surface area contributed by atoms with E-state index in [9.17, 15) is 0 Å². The smallest absolute Gasteiger partial charge is 0.113 e. The van der Waals surface area contributed by atoms with Crippen LogP contribution in [0.25, 0.3) is 0 Å². The Balaban J connectivity index is 2.22. The number of hydrogen-bond donors (Lipinski definition) is 2. The Morgan fingerprint density at radius 1 is 1.29 bits per heavy atom. The van der Waals surface area contributed by atoms with Gasteiger partial charge in [0.25, 0.3) is 0 Å². The molecule has 0 atom stereocenters. The summed E-state index contributed by atoms with van der Waals surface area (Å²) in [4.78, 5) is 0. The molecule has 1 aromatic rings. The summed E-state index contributed by atoms with van der Waals surface area (Å²) in [5.41, 5.74) is 9.51. The summed E-state index contributed by atoms with van der Waals surface area (Å²) in [6, 6.07) is 5.44. The van der Waals surface area contributed by atoms with Gasteiger partial charge in [-0.3, -0.25) is 10.4 Å². The average Bonchev–Trinajstić information content (AvgIpc) is 2.57. The zero-order valence-corrected chi connectivity index (χ0v) is 8.81. The average molecular weight is 230 g/mol. The number of hydrazine groups is 1. The maximum atomic E-state index is 5.89. The number of nitrogens with two attached hydrogens (primary N) is 1. The number of benzene rings is 1. The van der Waals surface area contributed by atoms with Crippen molar-refractivity contribution in [2.75, 3.05) is 11.6 Å². The molecule has 0 amide bonds. The Bertz CT molecular complexity index is 390. The lowest BCUT2D eigenvalue weighted by Crippen LogP contribution is -2.33. The van der Waals surface area contributed by atoms with Crippen LogP contribution in [0.5, 0.6) is 0 Å². The molecule has 0 fully saturated rings. The molecule has 5 heteroatoms. The molecule has 0 spiro atoms. The van der Waals surface area contributed by atoms with Gasteiger partial charge in [-0.25, -0.2) is 0 Å².